The fourth-order valence-corrected chi connectivity index (χ4v) is 5.08. The Morgan fingerprint density at radius 1 is 1.22 bits per heavy atom. The Morgan fingerprint density at radius 3 is 3.04 bits per heavy atom. The molecule has 0 aliphatic carbocycles. The predicted octanol–water partition coefficient (Wildman–Crippen LogP) is 3.31. The summed E-state index contributed by atoms with van der Waals surface area (Å²) in [5.41, 5.74) is 2.34. The van der Waals surface area contributed by atoms with Crippen molar-refractivity contribution in [2.75, 3.05) is 5.75 Å². The van der Waals surface area contributed by atoms with E-state index in [0.29, 0.717) is 16.5 Å². The van der Waals surface area contributed by atoms with Crippen molar-refractivity contribution >= 4 is 28.6 Å². The zero-order valence-corrected chi connectivity index (χ0v) is 15.6. The average Bonchev–Trinajstić information content (AvgIpc) is 3.17. The topological polar surface area (TPSA) is 64.0 Å². The van der Waals surface area contributed by atoms with Gasteiger partial charge < -0.3 is 5.32 Å². The largest absolute Gasteiger partial charge is 0.345 e. The summed E-state index contributed by atoms with van der Waals surface area (Å²) in [6.45, 7) is 0.735. The number of thioether (sulfide) groups is 1. The van der Waals surface area contributed by atoms with E-state index in [1.807, 2.05) is 23.9 Å². The van der Waals surface area contributed by atoms with Gasteiger partial charge in [0.15, 0.2) is 0 Å². The van der Waals surface area contributed by atoms with Crippen molar-refractivity contribution in [3.63, 3.8) is 0 Å². The molecule has 1 N–H and O–H groups in total. The maximum Gasteiger partial charge on any atom is 0.261 e. The van der Waals surface area contributed by atoms with Crippen LogP contribution in [0.3, 0.4) is 0 Å². The van der Waals surface area contributed by atoms with E-state index in [9.17, 15) is 9.59 Å². The number of fused-ring (bicyclic) bond motifs is 3. The Labute approximate surface area is 160 Å². The molecule has 0 saturated carbocycles. The summed E-state index contributed by atoms with van der Waals surface area (Å²) < 4.78 is 1.75. The standard InChI is InChI=1S/C21H19N3O2S/c25-20(23-16-9-11-27-18-5-2-1-4-14(16)18)13-7-8-15-17(12-13)22-19-6-3-10-24(19)21(15)26/h1-2,4-5,7-8,12,16H,3,6,9-11H2,(H,23,25)/t16-/m0/s1. The van der Waals surface area contributed by atoms with Crippen LogP contribution in [0, 0.1) is 0 Å². The van der Waals surface area contributed by atoms with Gasteiger partial charge in [-0.2, -0.15) is 0 Å². The molecule has 1 aromatic heterocycles. The molecule has 0 bridgehead atoms. The van der Waals surface area contributed by atoms with E-state index >= 15 is 0 Å². The first-order chi connectivity index (χ1) is 13.2. The van der Waals surface area contributed by atoms with Crippen LogP contribution in [0.4, 0.5) is 0 Å². The molecule has 3 heterocycles. The van der Waals surface area contributed by atoms with Crippen LogP contribution in [0.1, 0.15) is 40.6 Å². The molecule has 6 heteroatoms. The Bertz CT molecular complexity index is 1120. The Hall–Kier alpha value is -2.60. The first-order valence-electron chi connectivity index (χ1n) is 9.27. The fourth-order valence-electron chi connectivity index (χ4n) is 3.96. The van der Waals surface area contributed by atoms with Crippen LogP contribution in [0.5, 0.6) is 0 Å². The van der Waals surface area contributed by atoms with Crippen LogP contribution in [0.2, 0.25) is 0 Å². The number of hydrogen-bond donors (Lipinski definition) is 1. The van der Waals surface area contributed by atoms with Gasteiger partial charge >= 0.3 is 0 Å². The number of hydrogen-bond acceptors (Lipinski definition) is 4. The van der Waals surface area contributed by atoms with Crippen molar-refractivity contribution in [3.05, 3.63) is 69.8 Å². The van der Waals surface area contributed by atoms with Crippen molar-refractivity contribution in [3.8, 4) is 0 Å². The van der Waals surface area contributed by atoms with E-state index in [-0.39, 0.29) is 17.5 Å². The molecular formula is C21H19N3O2S. The molecular weight excluding hydrogens is 358 g/mol. The monoisotopic (exact) mass is 377 g/mol. The number of nitrogens with one attached hydrogen (secondary N) is 1. The number of aryl methyl sites for hydroxylation is 1. The molecule has 1 amide bonds. The fraction of sp³-hybridized carbons (Fsp3) is 0.286. The number of benzene rings is 2. The number of rotatable bonds is 2. The summed E-state index contributed by atoms with van der Waals surface area (Å²) in [6, 6.07) is 13.4. The molecule has 136 valence electrons. The third kappa shape index (κ3) is 2.84. The molecule has 27 heavy (non-hydrogen) atoms. The number of aromatic nitrogens is 2. The second-order valence-corrected chi connectivity index (χ2v) is 8.16. The maximum absolute atomic E-state index is 12.9. The van der Waals surface area contributed by atoms with Crippen LogP contribution in [0.25, 0.3) is 10.9 Å². The van der Waals surface area contributed by atoms with Gasteiger partial charge in [0.05, 0.1) is 16.9 Å². The third-order valence-corrected chi connectivity index (χ3v) is 6.47. The van der Waals surface area contributed by atoms with Crippen molar-refractivity contribution in [2.24, 2.45) is 0 Å². The van der Waals surface area contributed by atoms with Gasteiger partial charge in [-0.25, -0.2) is 4.98 Å². The lowest BCUT2D eigenvalue weighted by molar-refractivity contribution is 0.0935. The van der Waals surface area contributed by atoms with Crippen LogP contribution < -0.4 is 10.9 Å². The predicted molar refractivity (Wildman–Crippen MR) is 106 cm³/mol. The van der Waals surface area contributed by atoms with Gasteiger partial charge in [-0.15, -0.1) is 11.8 Å². The van der Waals surface area contributed by atoms with Crippen LogP contribution in [0.15, 0.2) is 52.2 Å². The van der Waals surface area contributed by atoms with Gasteiger partial charge in [-0.3, -0.25) is 14.2 Å². The molecule has 0 fully saturated rings. The number of amides is 1. The van der Waals surface area contributed by atoms with Crippen molar-refractivity contribution in [1.82, 2.24) is 14.9 Å². The minimum atomic E-state index is -0.119. The molecule has 0 radical (unpaired) electrons. The highest BCUT2D eigenvalue weighted by atomic mass is 32.2. The maximum atomic E-state index is 12.9. The molecule has 2 aliphatic rings. The van der Waals surface area contributed by atoms with Gasteiger partial charge in [0.25, 0.3) is 11.5 Å². The second-order valence-electron chi connectivity index (χ2n) is 7.02. The first-order valence-corrected chi connectivity index (χ1v) is 10.3. The third-order valence-electron chi connectivity index (χ3n) is 5.34. The van der Waals surface area contributed by atoms with Crippen LogP contribution >= 0.6 is 11.8 Å². The highest BCUT2D eigenvalue weighted by molar-refractivity contribution is 7.99. The van der Waals surface area contributed by atoms with Crippen molar-refractivity contribution in [2.45, 2.75) is 36.7 Å². The van der Waals surface area contributed by atoms with Gasteiger partial charge in [0.1, 0.15) is 5.82 Å². The van der Waals surface area contributed by atoms with E-state index in [0.717, 1.165) is 37.4 Å². The molecule has 5 nitrogen and oxygen atoms in total. The molecule has 1 atom stereocenters. The Balaban J connectivity index is 1.47. The van der Waals surface area contributed by atoms with Gasteiger partial charge in [0, 0.05) is 29.2 Å². The van der Waals surface area contributed by atoms with Crippen LogP contribution in [-0.2, 0) is 13.0 Å². The molecule has 5 rings (SSSR count). The van der Waals surface area contributed by atoms with E-state index in [2.05, 4.69) is 22.4 Å². The summed E-state index contributed by atoms with van der Waals surface area (Å²) in [5.74, 6) is 1.69. The number of carbonyl (C=O) groups excluding carboxylic acids is 1. The summed E-state index contributed by atoms with van der Waals surface area (Å²) in [5, 5.41) is 3.74. The van der Waals surface area contributed by atoms with E-state index < -0.39 is 0 Å². The normalized spacial score (nSPS) is 18.1. The molecule has 2 aromatic carbocycles. The zero-order valence-electron chi connectivity index (χ0n) is 14.8. The van der Waals surface area contributed by atoms with E-state index in [1.54, 1.807) is 22.8 Å². The first kappa shape index (κ1) is 16.6. The van der Waals surface area contributed by atoms with E-state index in [1.165, 1.54) is 10.5 Å². The highest BCUT2D eigenvalue weighted by Gasteiger charge is 2.23. The lowest BCUT2D eigenvalue weighted by atomic mass is 10.0. The lowest BCUT2D eigenvalue weighted by Gasteiger charge is -2.25. The summed E-state index contributed by atoms with van der Waals surface area (Å²) in [6.07, 6.45) is 2.68. The quantitative estimate of drug-likeness (QED) is 0.744. The SMILES string of the molecule is O=C(N[C@H]1CCSc2ccccc21)c1ccc2c(=O)n3c(nc2c1)CCC3. The minimum absolute atomic E-state index is 0.00214. The van der Waals surface area contributed by atoms with E-state index in [4.69, 9.17) is 0 Å². The summed E-state index contributed by atoms with van der Waals surface area (Å²) in [7, 11) is 0. The smallest absolute Gasteiger partial charge is 0.261 e. The van der Waals surface area contributed by atoms with Crippen LogP contribution in [-0.4, -0.2) is 21.2 Å². The molecule has 0 spiro atoms. The lowest BCUT2D eigenvalue weighted by Crippen LogP contribution is -2.30. The summed E-state index contributed by atoms with van der Waals surface area (Å²) in [4.78, 5) is 31.3. The Morgan fingerprint density at radius 2 is 2.11 bits per heavy atom. The average molecular weight is 377 g/mol. The van der Waals surface area contributed by atoms with Gasteiger partial charge in [-0.05, 0) is 42.7 Å². The highest BCUT2D eigenvalue weighted by Crippen LogP contribution is 2.35. The van der Waals surface area contributed by atoms with Crippen molar-refractivity contribution in [1.29, 1.82) is 0 Å². The van der Waals surface area contributed by atoms with Crippen molar-refractivity contribution < 1.29 is 4.79 Å². The number of carbonyl (C=O) groups is 1. The molecule has 0 unspecified atom stereocenters. The van der Waals surface area contributed by atoms with Gasteiger partial charge in [0.2, 0.25) is 0 Å². The molecule has 0 saturated heterocycles. The minimum Gasteiger partial charge on any atom is -0.345 e. The Kier molecular flexibility index (Phi) is 4.01. The second kappa shape index (κ2) is 6.53. The summed E-state index contributed by atoms with van der Waals surface area (Å²) >= 11 is 1.83. The molecule has 2 aliphatic heterocycles. The molecule has 3 aromatic rings. The number of nitrogens with zero attached hydrogens (tertiary/aromatic N) is 2. The van der Waals surface area contributed by atoms with Gasteiger partial charge in [-0.1, -0.05) is 18.2 Å². The zero-order chi connectivity index (χ0) is 18.4.